The van der Waals surface area contributed by atoms with Crippen LogP contribution in [0.2, 0.25) is 0 Å². The molecular weight excluding hydrogens is 222 g/mol. The summed E-state index contributed by atoms with van der Waals surface area (Å²) in [5.74, 6) is 1.40. The fourth-order valence-corrected chi connectivity index (χ4v) is 1.72. The molecule has 0 aliphatic heterocycles. The van der Waals surface area contributed by atoms with Gasteiger partial charge in [0.05, 0.1) is 13.2 Å². The number of hydrogen-bond acceptors (Lipinski definition) is 6. The largest absolute Gasteiger partial charge is 0.395 e. The Morgan fingerprint density at radius 3 is 2.59 bits per heavy atom. The first-order valence-electron chi connectivity index (χ1n) is 5.41. The van der Waals surface area contributed by atoms with Crippen molar-refractivity contribution in [1.82, 2.24) is 19.6 Å². The lowest BCUT2D eigenvalue weighted by molar-refractivity contribution is 0.281. The molecule has 0 saturated heterocycles. The molecular formula is C10H15N5O2. The predicted molar refractivity (Wildman–Crippen MR) is 61.9 cm³/mol. The zero-order valence-corrected chi connectivity index (χ0v) is 9.61. The molecule has 2 rings (SSSR count). The number of aliphatic hydroxyl groups is 2. The van der Waals surface area contributed by atoms with Crippen molar-refractivity contribution in [2.45, 2.75) is 6.92 Å². The van der Waals surface area contributed by atoms with Crippen LogP contribution in [0.5, 0.6) is 0 Å². The Morgan fingerprint density at radius 1 is 1.24 bits per heavy atom. The van der Waals surface area contributed by atoms with Gasteiger partial charge >= 0.3 is 0 Å². The van der Waals surface area contributed by atoms with E-state index in [-0.39, 0.29) is 13.2 Å². The number of aromatic nitrogens is 4. The standard InChI is InChI=1S/C10H15N5O2/c1-8-12-13-10-9(11-2-3-15(8)10)14(4-6-16)5-7-17/h2-3,16-17H,4-7H2,1H3. The molecule has 2 aromatic rings. The second-order valence-electron chi connectivity index (χ2n) is 3.63. The van der Waals surface area contributed by atoms with Gasteiger partial charge in [-0.3, -0.25) is 4.40 Å². The first-order chi connectivity index (χ1) is 8.27. The van der Waals surface area contributed by atoms with E-state index in [1.807, 2.05) is 11.3 Å². The molecule has 92 valence electrons. The lowest BCUT2D eigenvalue weighted by Crippen LogP contribution is -2.31. The van der Waals surface area contributed by atoms with Crippen LogP contribution in [0, 0.1) is 6.92 Å². The lowest BCUT2D eigenvalue weighted by Gasteiger charge is -2.21. The van der Waals surface area contributed by atoms with Crippen LogP contribution in [-0.4, -0.2) is 56.1 Å². The number of aryl methyl sites for hydroxylation is 1. The molecule has 0 bridgehead atoms. The van der Waals surface area contributed by atoms with E-state index in [4.69, 9.17) is 10.2 Å². The van der Waals surface area contributed by atoms with Crippen LogP contribution in [0.25, 0.3) is 5.65 Å². The summed E-state index contributed by atoms with van der Waals surface area (Å²) in [7, 11) is 0. The fraction of sp³-hybridized carbons (Fsp3) is 0.500. The Bertz CT molecular complexity index is 492. The number of nitrogens with zero attached hydrogens (tertiary/aromatic N) is 5. The Kier molecular flexibility index (Phi) is 3.50. The molecule has 7 heteroatoms. The second-order valence-corrected chi connectivity index (χ2v) is 3.63. The minimum Gasteiger partial charge on any atom is -0.395 e. The molecule has 2 N–H and O–H groups in total. The summed E-state index contributed by atoms with van der Waals surface area (Å²) < 4.78 is 1.82. The average Bonchev–Trinajstić information content (AvgIpc) is 2.71. The van der Waals surface area contributed by atoms with Crippen molar-refractivity contribution in [1.29, 1.82) is 0 Å². The summed E-state index contributed by atoms with van der Waals surface area (Å²) in [5, 5.41) is 26.0. The molecule has 0 atom stereocenters. The summed E-state index contributed by atoms with van der Waals surface area (Å²) >= 11 is 0. The van der Waals surface area contributed by atoms with E-state index in [1.54, 1.807) is 17.3 Å². The number of hydrogen-bond donors (Lipinski definition) is 2. The minimum absolute atomic E-state index is 0.00411. The summed E-state index contributed by atoms with van der Waals surface area (Å²) in [5.41, 5.74) is 0.631. The summed E-state index contributed by atoms with van der Waals surface area (Å²) in [4.78, 5) is 6.02. The minimum atomic E-state index is -0.00411. The van der Waals surface area contributed by atoms with Gasteiger partial charge < -0.3 is 15.1 Å². The van der Waals surface area contributed by atoms with Gasteiger partial charge in [-0.05, 0) is 6.92 Å². The highest BCUT2D eigenvalue weighted by atomic mass is 16.3. The van der Waals surface area contributed by atoms with Crippen LogP contribution in [0.4, 0.5) is 5.82 Å². The molecule has 0 amide bonds. The molecule has 0 saturated carbocycles. The van der Waals surface area contributed by atoms with Gasteiger partial charge in [0.1, 0.15) is 5.82 Å². The van der Waals surface area contributed by atoms with Crippen LogP contribution < -0.4 is 4.90 Å². The van der Waals surface area contributed by atoms with E-state index in [0.29, 0.717) is 24.6 Å². The van der Waals surface area contributed by atoms with Crippen LogP contribution in [0.3, 0.4) is 0 Å². The molecule has 0 aromatic carbocycles. The monoisotopic (exact) mass is 237 g/mol. The smallest absolute Gasteiger partial charge is 0.203 e. The summed E-state index contributed by atoms with van der Waals surface area (Å²) in [6.45, 7) is 2.65. The molecule has 0 unspecified atom stereocenters. The van der Waals surface area contributed by atoms with Crippen LogP contribution in [0.15, 0.2) is 12.4 Å². The van der Waals surface area contributed by atoms with E-state index >= 15 is 0 Å². The van der Waals surface area contributed by atoms with Crippen molar-refractivity contribution in [2.75, 3.05) is 31.2 Å². The van der Waals surface area contributed by atoms with E-state index in [2.05, 4.69) is 15.2 Å². The SMILES string of the molecule is Cc1nnc2c(N(CCO)CCO)nccn12. The highest BCUT2D eigenvalue weighted by Crippen LogP contribution is 2.16. The highest BCUT2D eigenvalue weighted by molar-refractivity contribution is 5.63. The van der Waals surface area contributed by atoms with Gasteiger partial charge in [-0.1, -0.05) is 0 Å². The normalized spacial score (nSPS) is 11.0. The molecule has 0 radical (unpaired) electrons. The molecule has 2 aromatic heterocycles. The van der Waals surface area contributed by atoms with Crippen LogP contribution >= 0.6 is 0 Å². The number of rotatable bonds is 5. The first-order valence-corrected chi connectivity index (χ1v) is 5.41. The number of aliphatic hydroxyl groups excluding tert-OH is 2. The van der Waals surface area contributed by atoms with Gasteiger partial charge in [-0.25, -0.2) is 4.98 Å². The van der Waals surface area contributed by atoms with Crippen molar-refractivity contribution in [3.63, 3.8) is 0 Å². The van der Waals surface area contributed by atoms with Gasteiger partial charge in [-0.15, -0.1) is 10.2 Å². The summed E-state index contributed by atoms with van der Waals surface area (Å²) in [6.07, 6.45) is 3.44. The second kappa shape index (κ2) is 5.07. The lowest BCUT2D eigenvalue weighted by atomic mass is 10.4. The molecule has 0 spiro atoms. The number of anilines is 1. The van der Waals surface area contributed by atoms with Crippen molar-refractivity contribution >= 4 is 11.5 Å². The molecule has 0 aliphatic rings. The van der Waals surface area contributed by atoms with E-state index in [9.17, 15) is 0 Å². The Labute approximate surface area is 98.3 Å². The first kappa shape index (κ1) is 11.7. The van der Waals surface area contributed by atoms with Crippen LogP contribution in [-0.2, 0) is 0 Å². The van der Waals surface area contributed by atoms with Gasteiger partial charge in [0.2, 0.25) is 5.65 Å². The van der Waals surface area contributed by atoms with E-state index in [0.717, 1.165) is 5.82 Å². The third-order valence-electron chi connectivity index (χ3n) is 2.52. The molecule has 7 nitrogen and oxygen atoms in total. The maximum atomic E-state index is 9.01. The van der Waals surface area contributed by atoms with Crippen molar-refractivity contribution in [3.05, 3.63) is 18.2 Å². The van der Waals surface area contributed by atoms with Crippen molar-refractivity contribution < 1.29 is 10.2 Å². The van der Waals surface area contributed by atoms with Crippen molar-refractivity contribution in [3.8, 4) is 0 Å². The fourth-order valence-electron chi connectivity index (χ4n) is 1.72. The Balaban J connectivity index is 2.44. The quantitative estimate of drug-likeness (QED) is 0.709. The van der Waals surface area contributed by atoms with Crippen molar-refractivity contribution in [2.24, 2.45) is 0 Å². The molecule has 0 fully saturated rings. The van der Waals surface area contributed by atoms with Gasteiger partial charge in [0.25, 0.3) is 0 Å². The Hall–Kier alpha value is -1.73. The predicted octanol–water partition coefficient (Wildman–Crippen LogP) is -0.776. The van der Waals surface area contributed by atoms with Gasteiger partial charge in [0, 0.05) is 25.5 Å². The average molecular weight is 237 g/mol. The third-order valence-corrected chi connectivity index (χ3v) is 2.52. The molecule has 17 heavy (non-hydrogen) atoms. The summed E-state index contributed by atoms with van der Waals surface area (Å²) in [6, 6.07) is 0. The molecule has 2 heterocycles. The maximum Gasteiger partial charge on any atom is 0.203 e. The topological polar surface area (TPSA) is 86.8 Å². The Morgan fingerprint density at radius 2 is 1.94 bits per heavy atom. The zero-order chi connectivity index (χ0) is 12.3. The maximum absolute atomic E-state index is 9.01. The van der Waals surface area contributed by atoms with Gasteiger partial charge in [-0.2, -0.15) is 0 Å². The molecule has 0 aliphatic carbocycles. The zero-order valence-electron chi connectivity index (χ0n) is 9.61. The van der Waals surface area contributed by atoms with Gasteiger partial charge in [0.15, 0.2) is 5.82 Å². The van der Waals surface area contributed by atoms with E-state index in [1.165, 1.54) is 0 Å². The number of fused-ring (bicyclic) bond motifs is 1. The highest BCUT2D eigenvalue weighted by Gasteiger charge is 2.14. The third kappa shape index (κ3) is 2.20. The van der Waals surface area contributed by atoms with E-state index < -0.39 is 0 Å². The van der Waals surface area contributed by atoms with Crippen LogP contribution in [0.1, 0.15) is 5.82 Å².